The van der Waals surface area contributed by atoms with Gasteiger partial charge in [0.1, 0.15) is 0 Å². The summed E-state index contributed by atoms with van der Waals surface area (Å²) in [6, 6.07) is 14.7. The monoisotopic (exact) mass is 842 g/mol. The SMILES string of the molecule is C[Si](C)(C)C12C3(Sc4ccc([N+](=O)[O-])cc4)C1([Si](C)(C)C)C32[Si](C)(C)C.C[Si](C)(C)C12C3(Sc4ccc([N+](=O)[O-])cc4)C1([Si](C)(C)C)C32[Si](C)(C)C. The van der Waals surface area contributed by atoms with E-state index in [-0.39, 0.29) is 21.2 Å². The number of nitro benzene ring substituents is 2. The lowest BCUT2D eigenvalue weighted by atomic mass is 10.3. The highest BCUT2D eigenvalue weighted by molar-refractivity contribution is 8.03. The number of rotatable bonds is 12. The molecule has 0 atom stereocenters. The molecule has 14 heteroatoms. The second kappa shape index (κ2) is 9.84. The average Bonchev–Trinajstić information content (AvgIpc) is 3.73. The van der Waals surface area contributed by atoms with Gasteiger partial charge in [0.25, 0.3) is 11.4 Å². The molecule has 8 aliphatic rings. The zero-order chi connectivity index (χ0) is 39.5. The fraction of sp³-hybridized carbons (Fsp3) is 0.684. The highest BCUT2D eigenvalue weighted by atomic mass is 32.2. The van der Waals surface area contributed by atoms with Crippen molar-refractivity contribution in [2.75, 3.05) is 0 Å². The average molecular weight is 844 g/mol. The van der Waals surface area contributed by atoms with Crippen LogP contribution in [0.15, 0.2) is 58.3 Å². The largest absolute Gasteiger partial charge is 0.269 e. The Hall–Kier alpha value is -0.759. The van der Waals surface area contributed by atoms with E-state index in [4.69, 9.17) is 0 Å². The first kappa shape index (κ1) is 39.5. The first-order valence-corrected chi connectivity index (χ1v) is 41.8. The van der Waals surface area contributed by atoms with Crippen molar-refractivity contribution >= 4 is 83.3 Å². The molecule has 10 rings (SSSR count). The zero-order valence-corrected chi connectivity index (χ0v) is 42.6. The molecule has 0 amide bonds. The normalized spacial score (nSPS) is 40.0. The summed E-state index contributed by atoms with van der Waals surface area (Å²) < 4.78 is 0.922. The maximum atomic E-state index is 11.0. The minimum absolute atomic E-state index is 0.196. The van der Waals surface area contributed by atoms with E-state index in [1.54, 1.807) is 24.3 Å². The Balaban J connectivity index is 0.000000162. The van der Waals surface area contributed by atoms with Crippen LogP contribution in [-0.2, 0) is 0 Å². The predicted molar refractivity (Wildman–Crippen MR) is 240 cm³/mol. The van der Waals surface area contributed by atoms with Crippen LogP contribution in [0.3, 0.4) is 0 Å². The van der Waals surface area contributed by atoms with E-state index in [1.165, 1.54) is 9.79 Å². The minimum Gasteiger partial charge on any atom is -0.258 e. The van der Waals surface area contributed by atoms with Crippen molar-refractivity contribution in [2.45, 2.75) is 167 Å². The van der Waals surface area contributed by atoms with E-state index in [2.05, 4.69) is 141 Å². The Morgan fingerprint density at radius 2 is 0.558 bits per heavy atom. The van der Waals surface area contributed by atoms with Gasteiger partial charge in [0.15, 0.2) is 0 Å². The van der Waals surface area contributed by atoms with Gasteiger partial charge in [-0.15, -0.1) is 23.5 Å². The van der Waals surface area contributed by atoms with Gasteiger partial charge in [-0.2, -0.15) is 0 Å². The van der Waals surface area contributed by atoms with Crippen LogP contribution >= 0.6 is 23.5 Å². The fourth-order valence-electron chi connectivity index (χ4n) is 16.0. The highest BCUT2D eigenvalue weighted by Gasteiger charge is 3.40. The Morgan fingerprint density at radius 3 is 0.692 bits per heavy atom. The molecule has 284 valence electrons. The molecular formula is C38H62N2O4S2Si6. The molecule has 8 saturated carbocycles. The third-order valence-corrected chi connectivity index (χ3v) is 41.7. The molecule has 0 aromatic heterocycles. The summed E-state index contributed by atoms with van der Waals surface area (Å²) in [6.45, 7) is 46.7. The fourth-order valence-corrected chi connectivity index (χ4v) is 67.6. The number of thioether (sulfide) groups is 2. The number of benzene rings is 2. The quantitative estimate of drug-likeness (QED) is 0.120. The maximum Gasteiger partial charge on any atom is 0.269 e. The van der Waals surface area contributed by atoms with Gasteiger partial charge >= 0.3 is 0 Å². The van der Waals surface area contributed by atoms with E-state index in [0.717, 1.165) is 0 Å². The second-order valence-electron chi connectivity index (χ2n) is 23.1. The van der Waals surface area contributed by atoms with E-state index in [9.17, 15) is 20.2 Å². The standard InChI is InChI=1S/2C19H31NO2SSi3/c2*1-24(2,3)17-16(23-15-12-10-14(11-13-15)20(21)22)18(17,25(4,5)6)19(16,17)26(7,8)9/h2*10-13H,1-9H3. The Bertz CT molecular complexity index is 1660. The van der Waals surface area contributed by atoms with Crippen molar-refractivity contribution in [1.82, 2.24) is 0 Å². The van der Waals surface area contributed by atoms with Crippen LogP contribution in [-0.4, -0.2) is 67.8 Å². The molecule has 0 spiro atoms. The molecule has 8 aliphatic carbocycles. The third-order valence-electron chi connectivity index (χ3n) is 15.4. The van der Waals surface area contributed by atoms with Crippen LogP contribution in [0, 0.1) is 20.2 Å². The van der Waals surface area contributed by atoms with Crippen LogP contribution in [0.25, 0.3) is 0 Å². The van der Waals surface area contributed by atoms with Crippen molar-refractivity contribution in [3.05, 3.63) is 68.8 Å². The van der Waals surface area contributed by atoms with Crippen LogP contribution in [0.2, 0.25) is 148 Å². The summed E-state index contributed by atoms with van der Waals surface area (Å²) >= 11 is 4.20. The molecule has 0 bridgehead atoms. The summed E-state index contributed by atoms with van der Waals surface area (Å²) in [5, 5.41) is 25.7. The van der Waals surface area contributed by atoms with Gasteiger partial charge in [0, 0.05) is 43.6 Å². The molecule has 6 nitrogen and oxygen atoms in total. The molecule has 0 radical (unpaired) electrons. The molecule has 52 heavy (non-hydrogen) atoms. The summed E-state index contributed by atoms with van der Waals surface area (Å²) in [6.07, 6.45) is 0. The second-order valence-corrected chi connectivity index (χ2v) is 57.1. The van der Waals surface area contributed by atoms with Crippen molar-refractivity contribution < 1.29 is 9.85 Å². The van der Waals surface area contributed by atoms with Gasteiger partial charge in [0.2, 0.25) is 0 Å². The minimum atomic E-state index is -1.32. The number of hydrogen-bond donors (Lipinski definition) is 0. The molecular weight excluding hydrogens is 781 g/mol. The van der Waals surface area contributed by atoms with Gasteiger partial charge in [-0.1, -0.05) is 118 Å². The van der Waals surface area contributed by atoms with Crippen LogP contribution in [0.1, 0.15) is 0 Å². The van der Waals surface area contributed by atoms with Crippen molar-refractivity contribution in [2.24, 2.45) is 0 Å². The van der Waals surface area contributed by atoms with E-state index >= 15 is 0 Å². The van der Waals surface area contributed by atoms with Crippen LogP contribution in [0.5, 0.6) is 0 Å². The number of nitro groups is 2. The highest BCUT2D eigenvalue weighted by Crippen LogP contribution is 3.49. The topological polar surface area (TPSA) is 86.3 Å². The van der Waals surface area contributed by atoms with Gasteiger partial charge < -0.3 is 0 Å². The first-order chi connectivity index (χ1) is 23.3. The molecule has 0 N–H and O–H groups in total. The number of nitrogens with zero attached hydrogens (tertiary/aromatic N) is 2. The molecule has 2 aromatic carbocycles. The van der Waals surface area contributed by atoms with Crippen LogP contribution < -0.4 is 0 Å². The first-order valence-electron chi connectivity index (χ1n) is 19.1. The van der Waals surface area contributed by atoms with Gasteiger partial charge in [-0.3, -0.25) is 20.2 Å². The van der Waals surface area contributed by atoms with Crippen molar-refractivity contribution in [3.8, 4) is 0 Å². The van der Waals surface area contributed by atoms with Gasteiger partial charge in [0.05, 0.1) is 58.3 Å². The number of hydrogen-bond acceptors (Lipinski definition) is 6. The lowest BCUT2D eigenvalue weighted by molar-refractivity contribution is -0.385. The molecule has 8 fully saturated rings. The predicted octanol–water partition coefficient (Wildman–Crippen LogP) is 13.4. The zero-order valence-electron chi connectivity index (χ0n) is 35.0. The maximum absolute atomic E-state index is 11.0. The lowest BCUT2D eigenvalue weighted by Gasteiger charge is -2.20. The summed E-state index contributed by atoms with van der Waals surface area (Å²) in [5.41, 5.74) is 0.393. The molecule has 0 aliphatic heterocycles. The third kappa shape index (κ3) is 3.41. The molecule has 0 heterocycles. The number of non-ortho nitro benzene ring substituents is 2. The molecule has 0 unspecified atom stereocenters. The summed E-state index contributed by atoms with van der Waals surface area (Å²) in [5.74, 6) is 0. The Kier molecular flexibility index (Phi) is 7.47. The Morgan fingerprint density at radius 1 is 0.385 bits per heavy atom. The summed E-state index contributed by atoms with van der Waals surface area (Å²) in [7, 11) is -7.89. The summed E-state index contributed by atoms with van der Waals surface area (Å²) in [4.78, 5) is 23.8. The van der Waals surface area contributed by atoms with E-state index in [0.29, 0.717) is 39.7 Å². The smallest absolute Gasteiger partial charge is 0.258 e. The van der Waals surface area contributed by atoms with E-state index in [1.807, 2.05) is 24.3 Å². The lowest BCUT2D eigenvalue weighted by Crippen LogP contribution is -2.26. The van der Waals surface area contributed by atoms with Crippen molar-refractivity contribution in [1.29, 1.82) is 0 Å². The molecule has 2 aromatic rings. The molecule has 0 saturated heterocycles. The van der Waals surface area contributed by atoms with Crippen LogP contribution in [0.4, 0.5) is 11.4 Å². The van der Waals surface area contributed by atoms with Gasteiger partial charge in [-0.25, -0.2) is 0 Å². The Labute approximate surface area is 327 Å². The van der Waals surface area contributed by atoms with E-state index < -0.39 is 48.4 Å². The van der Waals surface area contributed by atoms with Crippen molar-refractivity contribution in [3.63, 3.8) is 0 Å². The van der Waals surface area contributed by atoms with Gasteiger partial charge in [-0.05, 0) is 54.5 Å².